The van der Waals surface area contributed by atoms with Gasteiger partial charge in [-0.1, -0.05) is 53.6 Å². The number of hydrogen-bond donors (Lipinski definition) is 2. The van der Waals surface area contributed by atoms with E-state index < -0.39 is 0 Å². The van der Waals surface area contributed by atoms with Crippen LogP contribution in [-0.4, -0.2) is 16.5 Å². The van der Waals surface area contributed by atoms with Crippen molar-refractivity contribution in [3.63, 3.8) is 0 Å². The first-order chi connectivity index (χ1) is 12.9. The zero-order chi connectivity index (χ0) is 19.6. The van der Waals surface area contributed by atoms with Gasteiger partial charge in [0.1, 0.15) is 11.5 Å². The van der Waals surface area contributed by atoms with E-state index >= 15 is 0 Å². The molecule has 0 amide bonds. The van der Waals surface area contributed by atoms with Crippen LogP contribution in [0.5, 0.6) is 11.5 Å². The Morgan fingerprint density at radius 2 is 1.15 bits per heavy atom. The molecule has 0 atom stereocenters. The Morgan fingerprint density at radius 1 is 0.667 bits per heavy atom. The Labute approximate surface area is 158 Å². The van der Waals surface area contributed by atoms with E-state index in [1.54, 1.807) is 6.07 Å². The Bertz CT molecular complexity index is 1140. The number of carbonyl (C=O) groups excluding carboxylic acids is 1. The SMILES string of the molecule is Cc1ccc2ccc(C)c(O)c2c1.Cc1ccc2ccc(C=O)c(O)c2c1. The Kier molecular flexibility index (Phi) is 5.13. The number of phenolic OH excluding ortho intramolecular Hbond substituents is 2. The quantitative estimate of drug-likeness (QED) is 0.421. The second-order valence-electron chi connectivity index (χ2n) is 6.80. The molecule has 136 valence electrons. The Hall–Kier alpha value is -3.33. The molecule has 0 bridgehead atoms. The molecule has 0 fully saturated rings. The largest absolute Gasteiger partial charge is 0.507 e. The average Bonchev–Trinajstić information content (AvgIpc) is 2.66. The normalized spacial score (nSPS) is 10.5. The van der Waals surface area contributed by atoms with Gasteiger partial charge in [0.05, 0.1) is 5.56 Å². The van der Waals surface area contributed by atoms with Crippen molar-refractivity contribution in [3.05, 3.63) is 82.9 Å². The summed E-state index contributed by atoms with van der Waals surface area (Å²) in [5.74, 6) is 0.474. The lowest BCUT2D eigenvalue weighted by Crippen LogP contribution is -1.83. The van der Waals surface area contributed by atoms with E-state index in [1.807, 2.05) is 69.3 Å². The summed E-state index contributed by atoms with van der Waals surface area (Å²) in [6, 6.07) is 19.3. The van der Waals surface area contributed by atoms with Crippen LogP contribution in [0, 0.1) is 20.8 Å². The summed E-state index contributed by atoms with van der Waals surface area (Å²) in [6.07, 6.45) is 0.664. The van der Waals surface area contributed by atoms with Crippen LogP contribution in [0.4, 0.5) is 0 Å². The van der Waals surface area contributed by atoms with E-state index in [2.05, 4.69) is 6.07 Å². The van der Waals surface area contributed by atoms with Gasteiger partial charge in [-0.05, 0) is 55.3 Å². The highest BCUT2D eigenvalue weighted by Gasteiger charge is 2.05. The number of aryl methyl sites for hydroxylation is 3. The van der Waals surface area contributed by atoms with Gasteiger partial charge in [0.25, 0.3) is 0 Å². The second kappa shape index (κ2) is 7.50. The van der Waals surface area contributed by atoms with Gasteiger partial charge in [-0.2, -0.15) is 0 Å². The standard InChI is InChI=1S/C12H10O2.C12H12O/c1-8-2-3-9-4-5-10(7-13)12(14)11(9)6-8;1-8-3-5-10-6-4-9(2)12(13)11(10)7-8/h2-7,14H,1H3;3-7,13H,1-2H3. The number of carbonyl (C=O) groups is 1. The van der Waals surface area contributed by atoms with Crippen molar-refractivity contribution in [1.29, 1.82) is 0 Å². The molecule has 3 nitrogen and oxygen atoms in total. The molecule has 27 heavy (non-hydrogen) atoms. The van der Waals surface area contributed by atoms with E-state index in [-0.39, 0.29) is 5.75 Å². The molecule has 3 heteroatoms. The fourth-order valence-electron chi connectivity index (χ4n) is 3.06. The van der Waals surface area contributed by atoms with E-state index in [1.165, 1.54) is 5.56 Å². The number of hydrogen-bond acceptors (Lipinski definition) is 3. The van der Waals surface area contributed by atoms with Gasteiger partial charge < -0.3 is 10.2 Å². The maximum atomic E-state index is 10.6. The zero-order valence-electron chi connectivity index (χ0n) is 15.7. The molecule has 2 N–H and O–H groups in total. The molecule has 0 unspecified atom stereocenters. The average molecular weight is 358 g/mol. The lowest BCUT2D eigenvalue weighted by atomic mass is 10.0. The van der Waals surface area contributed by atoms with Crippen LogP contribution in [0.1, 0.15) is 27.0 Å². The number of rotatable bonds is 1. The van der Waals surface area contributed by atoms with Crippen LogP contribution in [-0.2, 0) is 0 Å². The van der Waals surface area contributed by atoms with Crippen LogP contribution in [0.3, 0.4) is 0 Å². The first-order valence-electron chi connectivity index (χ1n) is 8.77. The number of phenols is 2. The van der Waals surface area contributed by atoms with Crippen molar-refractivity contribution in [1.82, 2.24) is 0 Å². The smallest absolute Gasteiger partial charge is 0.153 e. The molecule has 0 aliphatic carbocycles. The van der Waals surface area contributed by atoms with Crippen LogP contribution < -0.4 is 0 Å². The molecule has 0 radical (unpaired) electrons. The zero-order valence-corrected chi connectivity index (χ0v) is 15.7. The van der Waals surface area contributed by atoms with E-state index in [4.69, 9.17) is 0 Å². The van der Waals surface area contributed by atoms with Crippen LogP contribution in [0.2, 0.25) is 0 Å². The summed E-state index contributed by atoms with van der Waals surface area (Å²) in [5.41, 5.74) is 3.51. The van der Waals surface area contributed by atoms with Gasteiger partial charge in [0.2, 0.25) is 0 Å². The highest BCUT2D eigenvalue weighted by molar-refractivity contribution is 5.96. The fourth-order valence-corrected chi connectivity index (χ4v) is 3.06. The van der Waals surface area contributed by atoms with Crippen molar-refractivity contribution in [2.75, 3.05) is 0 Å². The van der Waals surface area contributed by atoms with E-state index in [9.17, 15) is 15.0 Å². The Morgan fingerprint density at radius 3 is 1.70 bits per heavy atom. The fraction of sp³-hybridized carbons (Fsp3) is 0.125. The molecule has 4 rings (SSSR count). The van der Waals surface area contributed by atoms with Gasteiger partial charge in [-0.15, -0.1) is 0 Å². The molecule has 4 aromatic carbocycles. The maximum Gasteiger partial charge on any atom is 0.153 e. The highest BCUT2D eigenvalue weighted by atomic mass is 16.3. The minimum absolute atomic E-state index is 0.0706. The lowest BCUT2D eigenvalue weighted by Gasteiger charge is -2.04. The minimum Gasteiger partial charge on any atom is -0.507 e. The molecule has 0 saturated carbocycles. The summed E-state index contributed by atoms with van der Waals surface area (Å²) in [4.78, 5) is 10.6. The van der Waals surface area contributed by atoms with Crippen LogP contribution >= 0.6 is 0 Å². The number of aldehydes is 1. The first kappa shape index (κ1) is 18.5. The molecule has 4 aromatic rings. The van der Waals surface area contributed by atoms with E-state index in [0.717, 1.165) is 32.7 Å². The van der Waals surface area contributed by atoms with Crippen molar-refractivity contribution < 1.29 is 15.0 Å². The van der Waals surface area contributed by atoms with Gasteiger partial charge in [-0.25, -0.2) is 0 Å². The molecule has 0 spiro atoms. The van der Waals surface area contributed by atoms with Crippen molar-refractivity contribution in [3.8, 4) is 11.5 Å². The summed E-state index contributed by atoms with van der Waals surface area (Å²) in [6.45, 7) is 5.89. The molecule has 0 heterocycles. The molecular formula is C24H22O3. The molecule has 0 aromatic heterocycles. The van der Waals surface area contributed by atoms with Crippen LogP contribution in [0.25, 0.3) is 21.5 Å². The van der Waals surface area contributed by atoms with Gasteiger partial charge in [0, 0.05) is 10.8 Å². The minimum atomic E-state index is 0.0706. The lowest BCUT2D eigenvalue weighted by molar-refractivity contribution is 0.112. The predicted octanol–water partition coefficient (Wildman–Crippen LogP) is 5.83. The predicted molar refractivity (Wildman–Crippen MR) is 111 cm³/mol. The number of benzene rings is 4. The summed E-state index contributed by atoms with van der Waals surface area (Å²) < 4.78 is 0. The van der Waals surface area contributed by atoms with Crippen molar-refractivity contribution in [2.24, 2.45) is 0 Å². The maximum absolute atomic E-state index is 10.6. The summed E-state index contributed by atoms with van der Waals surface area (Å²) in [5, 5.41) is 23.2. The number of aromatic hydroxyl groups is 2. The van der Waals surface area contributed by atoms with Crippen molar-refractivity contribution >= 4 is 27.8 Å². The van der Waals surface area contributed by atoms with E-state index in [0.29, 0.717) is 17.6 Å². The Balaban J connectivity index is 0.000000156. The third kappa shape index (κ3) is 3.77. The van der Waals surface area contributed by atoms with Crippen LogP contribution in [0.15, 0.2) is 60.7 Å². The van der Waals surface area contributed by atoms with Gasteiger partial charge in [0.15, 0.2) is 6.29 Å². The third-order valence-corrected chi connectivity index (χ3v) is 4.66. The molecule has 0 aliphatic heterocycles. The topological polar surface area (TPSA) is 57.5 Å². The van der Waals surface area contributed by atoms with Gasteiger partial charge >= 0.3 is 0 Å². The van der Waals surface area contributed by atoms with Crippen molar-refractivity contribution in [2.45, 2.75) is 20.8 Å². The molecule has 0 saturated heterocycles. The monoisotopic (exact) mass is 358 g/mol. The van der Waals surface area contributed by atoms with Gasteiger partial charge in [-0.3, -0.25) is 4.79 Å². The first-order valence-corrected chi connectivity index (χ1v) is 8.77. The highest BCUT2D eigenvalue weighted by Crippen LogP contribution is 2.29. The third-order valence-electron chi connectivity index (χ3n) is 4.66. The second-order valence-corrected chi connectivity index (χ2v) is 6.80. The molecule has 0 aliphatic rings. The molecular weight excluding hydrogens is 336 g/mol. The summed E-state index contributed by atoms with van der Waals surface area (Å²) >= 11 is 0. The summed E-state index contributed by atoms with van der Waals surface area (Å²) in [7, 11) is 0. The number of fused-ring (bicyclic) bond motifs is 2.